The molecule has 116 valence electrons. The largest absolute Gasteiger partial charge is 0.493 e. The molecule has 0 aliphatic heterocycles. The van der Waals surface area contributed by atoms with Crippen molar-refractivity contribution in [1.82, 2.24) is 0 Å². The van der Waals surface area contributed by atoms with Gasteiger partial charge in [0, 0.05) is 13.5 Å². The van der Waals surface area contributed by atoms with Crippen LogP contribution in [0.15, 0.2) is 42.7 Å². The van der Waals surface area contributed by atoms with Gasteiger partial charge in [0.1, 0.15) is 18.6 Å². The van der Waals surface area contributed by atoms with Crippen LogP contribution in [0.2, 0.25) is 0 Å². The van der Waals surface area contributed by atoms with Gasteiger partial charge in [0.15, 0.2) is 5.78 Å². The minimum absolute atomic E-state index is 0.0543. The van der Waals surface area contributed by atoms with E-state index in [-0.39, 0.29) is 6.42 Å². The molecule has 2 rings (SSSR count). The minimum Gasteiger partial charge on any atom is -0.493 e. The highest BCUT2D eigenvalue weighted by Gasteiger charge is 2.37. The molecule has 0 radical (unpaired) electrons. The number of allylic oxidation sites excluding steroid dienone is 1. The molecule has 1 aromatic rings. The third-order valence-electron chi connectivity index (χ3n) is 3.56. The smallest absolute Gasteiger partial charge is 0.314 e. The molecule has 1 aliphatic rings. The molecule has 0 spiro atoms. The number of carbonyl (C=O) groups excluding carboxylic acids is 1. The normalized spacial score (nSPS) is 21.1. The Morgan fingerprint density at radius 3 is 2.64 bits per heavy atom. The number of carboxylic acid groups (broad SMARTS) is 1. The number of ether oxygens (including phenoxy) is 2. The van der Waals surface area contributed by atoms with Gasteiger partial charge >= 0.3 is 5.97 Å². The third-order valence-corrected chi connectivity index (χ3v) is 3.56. The predicted molar refractivity (Wildman–Crippen MR) is 81.0 cm³/mol. The zero-order chi connectivity index (χ0) is 16.1. The highest BCUT2D eigenvalue weighted by atomic mass is 16.5. The molecular weight excluding hydrogens is 284 g/mol. The second-order valence-corrected chi connectivity index (χ2v) is 5.02. The molecule has 0 fully saturated rings. The monoisotopic (exact) mass is 302 g/mol. The average Bonchev–Trinajstić information content (AvgIpc) is 2.54. The van der Waals surface area contributed by atoms with Gasteiger partial charge < -0.3 is 14.6 Å². The first-order valence-electron chi connectivity index (χ1n) is 6.89. The lowest BCUT2D eigenvalue weighted by Gasteiger charge is -2.24. The van der Waals surface area contributed by atoms with Crippen LogP contribution < -0.4 is 0 Å². The molecular formula is C17H18O5. The van der Waals surface area contributed by atoms with Crippen molar-refractivity contribution in [3.63, 3.8) is 0 Å². The van der Waals surface area contributed by atoms with Crippen LogP contribution in [0.5, 0.6) is 0 Å². The second-order valence-electron chi connectivity index (χ2n) is 5.02. The summed E-state index contributed by atoms with van der Waals surface area (Å²) in [7, 11) is 1.37. The van der Waals surface area contributed by atoms with Crippen molar-refractivity contribution in [2.24, 2.45) is 5.92 Å². The van der Waals surface area contributed by atoms with Crippen LogP contribution in [0.25, 0.3) is 6.08 Å². The molecule has 5 heteroatoms. The highest BCUT2D eigenvalue weighted by Crippen LogP contribution is 2.25. The lowest BCUT2D eigenvalue weighted by molar-refractivity contribution is -0.150. The van der Waals surface area contributed by atoms with Gasteiger partial charge in [-0.3, -0.25) is 9.59 Å². The molecule has 0 saturated carbocycles. The summed E-state index contributed by atoms with van der Waals surface area (Å²) < 4.78 is 10.7. The fourth-order valence-electron chi connectivity index (χ4n) is 2.25. The van der Waals surface area contributed by atoms with Crippen molar-refractivity contribution < 1.29 is 24.2 Å². The van der Waals surface area contributed by atoms with E-state index in [1.54, 1.807) is 12.2 Å². The summed E-state index contributed by atoms with van der Waals surface area (Å²) in [5.41, 5.74) is 1.96. The summed E-state index contributed by atoms with van der Waals surface area (Å²) in [6, 6.07) is 7.66. The molecule has 5 nitrogen and oxygen atoms in total. The zero-order valence-corrected chi connectivity index (χ0v) is 12.3. The van der Waals surface area contributed by atoms with Crippen molar-refractivity contribution in [3.8, 4) is 0 Å². The number of benzene rings is 1. The van der Waals surface area contributed by atoms with Gasteiger partial charge in [-0.05, 0) is 17.2 Å². The van der Waals surface area contributed by atoms with Gasteiger partial charge in [-0.2, -0.15) is 0 Å². The van der Waals surface area contributed by atoms with Gasteiger partial charge in [0.25, 0.3) is 0 Å². The van der Waals surface area contributed by atoms with Crippen LogP contribution in [-0.4, -0.2) is 30.1 Å². The molecule has 0 bridgehead atoms. The fraction of sp³-hybridized carbons (Fsp3) is 0.294. The maximum atomic E-state index is 11.9. The van der Waals surface area contributed by atoms with Crippen LogP contribution in [0.1, 0.15) is 17.5 Å². The number of Topliss-reactive ketones (excluding diaryl/α,β-unsaturated/α-hetero) is 1. The molecule has 1 aromatic carbocycles. The molecule has 2 unspecified atom stereocenters. The Morgan fingerprint density at radius 1 is 1.41 bits per heavy atom. The Kier molecular flexibility index (Phi) is 5.12. The van der Waals surface area contributed by atoms with Crippen LogP contribution in [0.3, 0.4) is 0 Å². The first-order valence-corrected chi connectivity index (χ1v) is 6.89. The summed E-state index contributed by atoms with van der Waals surface area (Å²) in [5.74, 6) is -2.26. The van der Waals surface area contributed by atoms with Gasteiger partial charge in [-0.15, -0.1) is 0 Å². The lowest BCUT2D eigenvalue weighted by atomic mass is 9.90. The van der Waals surface area contributed by atoms with E-state index in [1.807, 2.05) is 24.3 Å². The first kappa shape index (κ1) is 16.0. The summed E-state index contributed by atoms with van der Waals surface area (Å²) in [6.45, 7) is 3.99. The quantitative estimate of drug-likeness (QED) is 0.817. The highest BCUT2D eigenvalue weighted by molar-refractivity contribution is 6.02. The van der Waals surface area contributed by atoms with E-state index >= 15 is 0 Å². The molecule has 0 heterocycles. The summed E-state index contributed by atoms with van der Waals surface area (Å²) >= 11 is 0. The Balaban J connectivity index is 2.05. The van der Waals surface area contributed by atoms with Crippen molar-refractivity contribution in [2.45, 2.75) is 19.1 Å². The van der Waals surface area contributed by atoms with E-state index in [2.05, 4.69) is 6.58 Å². The average molecular weight is 302 g/mol. The van der Waals surface area contributed by atoms with Crippen molar-refractivity contribution in [3.05, 3.63) is 53.8 Å². The minimum atomic E-state index is -1.16. The van der Waals surface area contributed by atoms with Crippen LogP contribution in [0.4, 0.5) is 0 Å². The molecule has 22 heavy (non-hydrogen) atoms. The lowest BCUT2D eigenvalue weighted by Crippen LogP contribution is -2.37. The Morgan fingerprint density at radius 2 is 2.09 bits per heavy atom. The van der Waals surface area contributed by atoms with Crippen molar-refractivity contribution >= 4 is 17.8 Å². The maximum Gasteiger partial charge on any atom is 0.314 e. The predicted octanol–water partition coefficient (Wildman–Crippen LogP) is 2.42. The van der Waals surface area contributed by atoms with E-state index < -0.39 is 23.8 Å². The summed E-state index contributed by atoms with van der Waals surface area (Å²) in [4.78, 5) is 23.0. The Labute approximate surface area is 128 Å². The van der Waals surface area contributed by atoms with Gasteiger partial charge in [-0.1, -0.05) is 36.9 Å². The number of carboxylic acids is 1. The van der Waals surface area contributed by atoms with E-state index in [1.165, 1.54) is 7.11 Å². The Bertz CT molecular complexity index is 600. The standard InChI is InChI=1S/C17H18O5/c1-3-11-4-6-12(7-5-11)10-22-13-8-14(17(19)20)16(18)15(9-13)21-2/h3-7,9,14-15H,1,8,10H2,2H3,(H,19,20). The number of hydrogen-bond donors (Lipinski definition) is 1. The third kappa shape index (κ3) is 3.62. The molecule has 0 amide bonds. The molecule has 0 aromatic heterocycles. The summed E-state index contributed by atoms with van der Waals surface area (Å²) in [5, 5.41) is 9.11. The maximum absolute atomic E-state index is 11.9. The van der Waals surface area contributed by atoms with Gasteiger partial charge in [0.2, 0.25) is 0 Å². The van der Waals surface area contributed by atoms with E-state index in [0.29, 0.717) is 12.4 Å². The number of aliphatic carboxylic acids is 1. The van der Waals surface area contributed by atoms with Crippen LogP contribution in [-0.2, 0) is 25.7 Å². The SMILES string of the molecule is C=Cc1ccc(COC2=CC(OC)C(=O)C(C(=O)O)C2)cc1. The molecule has 1 aliphatic carbocycles. The topological polar surface area (TPSA) is 72.8 Å². The first-order chi connectivity index (χ1) is 10.5. The van der Waals surface area contributed by atoms with E-state index in [0.717, 1.165) is 11.1 Å². The Hall–Kier alpha value is -2.40. The number of methoxy groups -OCH3 is 1. The molecule has 2 atom stereocenters. The zero-order valence-electron chi connectivity index (χ0n) is 12.3. The number of hydrogen-bond acceptors (Lipinski definition) is 4. The van der Waals surface area contributed by atoms with Gasteiger partial charge in [0.05, 0.1) is 5.76 Å². The second kappa shape index (κ2) is 7.04. The van der Waals surface area contributed by atoms with E-state index in [9.17, 15) is 9.59 Å². The number of rotatable bonds is 6. The van der Waals surface area contributed by atoms with Gasteiger partial charge in [-0.25, -0.2) is 0 Å². The number of ketones is 1. The molecule has 1 N–H and O–H groups in total. The van der Waals surface area contributed by atoms with Crippen molar-refractivity contribution in [1.29, 1.82) is 0 Å². The number of carbonyl (C=O) groups is 2. The molecule has 0 saturated heterocycles. The van der Waals surface area contributed by atoms with E-state index in [4.69, 9.17) is 14.6 Å². The van der Waals surface area contributed by atoms with Crippen LogP contribution in [0, 0.1) is 5.92 Å². The summed E-state index contributed by atoms with van der Waals surface area (Å²) in [6.07, 6.45) is 2.48. The van der Waals surface area contributed by atoms with Crippen molar-refractivity contribution in [2.75, 3.05) is 7.11 Å². The fourth-order valence-corrected chi connectivity index (χ4v) is 2.25. The van der Waals surface area contributed by atoms with Crippen LogP contribution >= 0.6 is 0 Å².